The largest absolute Gasteiger partial charge is 0.316 e. The van der Waals surface area contributed by atoms with Crippen LogP contribution in [0.15, 0.2) is 46.3 Å². The number of hydrogen-bond acceptors (Lipinski definition) is 4. The lowest BCUT2D eigenvalue weighted by molar-refractivity contribution is 0.0997. The second-order valence-corrected chi connectivity index (χ2v) is 10.8. The van der Waals surface area contributed by atoms with Crippen LogP contribution in [0.1, 0.15) is 55.1 Å². The molecule has 1 heterocycles. The fourth-order valence-electron chi connectivity index (χ4n) is 3.77. The molecule has 0 spiro atoms. The summed E-state index contributed by atoms with van der Waals surface area (Å²) in [5.41, 5.74) is 3.79. The van der Waals surface area contributed by atoms with Gasteiger partial charge in [-0.3, -0.25) is 4.79 Å². The van der Waals surface area contributed by atoms with Gasteiger partial charge in [-0.1, -0.05) is 37.3 Å². The van der Waals surface area contributed by atoms with E-state index in [1.54, 1.807) is 12.1 Å². The van der Waals surface area contributed by atoms with Gasteiger partial charge in [0.05, 0.1) is 15.1 Å². The van der Waals surface area contributed by atoms with Crippen molar-refractivity contribution in [2.24, 2.45) is 4.99 Å². The summed E-state index contributed by atoms with van der Waals surface area (Å²) < 4.78 is 30.6. The quantitative estimate of drug-likeness (QED) is 0.468. The third-order valence-electron chi connectivity index (χ3n) is 5.42. The van der Waals surface area contributed by atoms with Crippen molar-refractivity contribution in [2.75, 3.05) is 13.1 Å². The molecular formula is C24H31N3O3S2. The molecule has 172 valence electrons. The number of carbonyl (C=O) groups is 1. The SMILES string of the molecule is CCCN(CCC)S(=O)(=O)c1ccc(C(=O)N=c2sc3c(C)ccc(C)c3n2CC)cc1. The zero-order valence-electron chi connectivity index (χ0n) is 19.4. The van der Waals surface area contributed by atoms with Gasteiger partial charge in [-0.15, -0.1) is 0 Å². The zero-order chi connectivity index (χ0) is 23.5. The Kier molecular flexibility index (Phi) is 7.69. The highest BCUT2D eigenvalue weighted by molar-refractivity contribution is 7.89. The van der Waals surface area contributed by atoms with E-state index in [4.69, 9.17) is 0 Å². The predicted octanol–water partition coefficient (Wildman–Crippen LogP) is 4.89. The van der Waals surface area contributed by atoms with Crippen LogP contribution < -0.4 is 4.80 Å². The van der Waals surface area contributed by atoms with Crippen LogP contribution in [0, 0.1) is 13.8 Å². The molecule has 0 unspecified atom stereocenters. The van der Waals surface area contributed by atoms with Crippen molar-refractivity contribution in [1.29, 1.82) is 0 Å². The minimum atomic E-state index is -3.57. The van der Waals surface area contributed by atoms with Crippen LogP contribution in [0.4, 0.5) is 0 Å². The van der Waals surface area contributed by atoms with Crippen molar-refractivity contribution in [3.05, 3.63) is 57.9 Å². The van der Waals surface area contributed by atoms with Gasteiger partial charge in [0.2, 0.25) is 10.0 Å². The van der Waals surface area contributed by atoms with Crippen LogP contribution in [-0.4, -0.2) is 36.3 Å². The number of fused-ring (bicyclic) bond motifs is 1. The van der Waals surface area contributed by atoms with Gasteiger partial charge in [0, 0.05) is 25.2 Å². The number of sulfonamides is 1. The molecule has 0 radical (unpaired) electrons. The first-order chi connectivity index (χ1) is 15.2. The Morgan fingerprint density at radius 2 is 1.56 bits per heavy atom. The summed E-state index contributed by atoms with van der Waals surface area (Å²) in [6, 6.07) is 10.3. The van der Waals surface area contributed by atoms with Crippen LogP contribution in [-0.2, 0) is 16.6 Å². The highest BCUT2D eigenvalue weighted by Crippen LogP contribution is 2.25. The van der Waals surface area contributed by atoms with Crippen molar-refractivity contribution in [3.8, 4) is 0 Å². The Labute approximate surface area is 194 Å². The molecule has 0 aliphatic carbocycles. The van der Waals surface area contributed by atoms with Gasteiger partial charge in [-0.2, -0.15) is 9.30 Å². The minimum absolute atomic E-state index is 0.202. The number of thiazole rings is 1. The first-order valence-electron chi connectivity index (χ1n) is 11.0. The summed E-state index contributed by atoms with van der Waals surface area (Å²) in [6.45, 7) is 11.7. The molecule has 0 aliphatic rings. The smallest absolute Gasteiger partial charge is 0.279 e. The van der Waals surface area contributed by atoms with Crippen molar-refractivity contribution in [1.82, 2.24) is 8.87 Å². The number of rotatable bonds is 8. The molecule has 0 aliphatic heterocycles. The molecule has 0 atom stereocenters. The summed E-state index contributed by atoms with van der Waals surface area (Å²) in [5, 5.41) is 0. The molecule has 8 heteroatoms. The van der Waals surface area contributed by atoms with E-state index in [9.17, 15) is 13.2 Å². The van der Waals surface area contributed by atoms with Crippen LogP contribution in [0.2, 0.25) is 0 Å². The van der Waals surface area contributed by atoms with Gasteiger partial charge >= 0.3 is 0 Å². The summed E-state index contributed by atoms with van der Waals surface area (Å²) in [5.74, 6) is -0.378. The average molecular weight is 474 g/mol. The van der Waals surface area contributed by atoms with Crippen LogP contribution in [0.25, 0.3) is 10.2 Å². The number of benzene rings is 2. The van der Waals surface area contributed by atoms with Gasteiger partial charge in [-0.05, 0) is 69.0 Å². The Morgan fingerprint density at radius 1 is 0.969 bits per heavy atom. The monoisotopic (exact) mass is 473 g/mol. The second-order valence-electron chi connectivity index (χ2n) is 7.85. The van der Waals surface area contributed by atoms with Crippen molar-refractivity contribution < 1.29 is 13.2 Å². The summed E-state index contributed by atoms with van der Waals surface area (Å²) in [7, 11) is -3.57. The van der Waals surface area contributed by atoms with Crippen LogP contribution >= 0.6 is 11.3 Å². The van der Waals surface area contributed by atoms with E-state index in [1.807, 2.05) is 20.8 Å². The molecule has 6 nitrogen and oxygen atoms in total. The maximum atomic E-state index is 12.9. The molecule has 0 N–H and O–H groups in total. The first-order valence-corrected chi connectivity index (χ1v) is 13.3. The molecule has 3 rings (SSSR count). The fourth-order valence-corrected chi connectivity index (χ4v) is 6.64. The Morgan fingerprint density at radius 3 is 2.12 bits per heavy atom. The van der Waals surface area contributed by atoms with E-state index in [0.29, 0.717) is 30.0 Å². The number of nitrogens with zero attached hydrogens (tertiary/aromatic N) is 3. The van der Waals surface area contributed by atoms with Crippen molar-refractivity contribution >= 4 is 37.5 Å². The highest BCUT2D eigenvalue weighted by Gasteiger charge is 2.23. The molecular weight excluding hydrogens is 442 g/mol. The average Bonchev–Trinajstić information content (AvgIpc) is 3.15. The lowest BCUT2D eigenvalue weighted by Gasteiger charge is -2.21. The van der Waals surface area contributed by atoms with E-state index >= 15 is 0 Å². The standard InChI is InChI=1S/C24H31N3O3S2/c1-6-15-26(16-7-2)32(29,30)20-13-11-19(12-14-20)23(28)25-24-27(8-3)21-17(4)9-10-18(5)22(21)31-24/h9-14H,6-8,15-16H2,1-5H3. The van der Waals surface area contributed by atoms with Crippen molar-refractivity contribution in [2.45, 2.75) is 58.9 Å². The van der Waals surface area contributed by atoms with Gasteiger partial charge in [0.15, 0.2) is 4.80 Å². The predicted molar refractivity (Wildman–Crippen MR) is 131 cm³/mol. The molecule has 2 aromatic carbocycles. The van der Waals surface area contributed by atoms with Gasteiger partial charge in [0.1, 0.15) is 0 Å². The number of carbonyl (C=O) groups excluding carboxylic acids is 1. The lowest BCUT2D eigenvalue weighted by atomic mass is 10.1. The first kappa shape index (κ1) is 24.4. The second kappa shape index (κ2) is 10.1. The van der Waals surface area contributed by atoms with E-state index in [0.717, 1.165) is 34.2 Å². The number of aryl methyl sites for hydroxylation is 3. The molecule has 3 aromatic rings. The molecule has 1 aromatic heterocycles. The molecule has 1 amide bonds. The molecule has 0 saturated carbocycles. The minimum Gasteiger partial charge on any atom is -0.316 e. The lowest BCUT2D eigenvalue weighted by Crippen LogP contribution is -2.32. The van der Waals surface area contributed by atoms with E-state index < -0.39 is 10.0 Å². The normalized spacial score (nSPS) is 12.8. The van der Waals surface area contributed by atoms with Gasteiger partial charge < -0.3 is 4.57 Å². The van der Waals surface area contributed by atoms with Gasteiger partial charge in [-0.25, -0.2) is 8.42 Å². The maximum Gasteiger partial charge on any atom is 0.279 e. The Hall–Kier alpha value is -2.29. The van der Waals surface area contributed by atoms with E-state index in [2.05, 4.69) is 35.5 Å². The molecule has 0 saturated heterocycles. The number of amides is 1. The summed E-state index contributed by atoms with van der Waals surface area (Å²) >= 11 is 1.51. The number of aromatic nitrogens is 1. The molecule has 0 bridgehead atoms. The molecule has 32 heavy (non-hydrogen) atoms. The Balaban J connectivity index is 1.97. The Bertz CT molecular complexity index is 1280. The summed E-state index contributed by atoms with van der Waals surface area (Å²) in [6.07, 6.45) is 1.50. The third kappa shape index (κ3) is 4.72. The molecule has 0 fully saturated rings. The van der Waals surface area contributed by atoms with E-state index in [1.165, 1.54) is 27.8 Å². The van der Waals surface area contributed by atoms with E-state index in [-0.39, 0.29) is 10.8 Å². The fraction of sp³-hybridized carbons (Fsp3) is 0.417. The highest BCUT2D eigenvalue weighted by atomic mass is 32.2. The van der Waals surface area contributed by atoms with Crippen molar-refractivity contribution in [3.63, 3.8) is 0 Å². The van der Waals surface area contributed by atoms with Crippen LogP contribution in [0.5, 0.6) is 0 Å². The summed E-state index contributed by atoms with van der Waals surface area (Å²) in [4.78, 5) is 18.1. The van der Waals surface area contributed by atoms with Crippen LogP contribution in [0.3, 0.4) is 0 Å². The third-order valence-corrected chi connectivity index (χ3v) is 8.55. The van der Waals surface area contributed by atoms with Gasteiger partial charge in [0.25, 0.3) is 5.91 Å². The number of hydrogen-bond donors (Lipinski definition) is 0. The maximum absolute atomic E-state index is 12.9. The topological polar surface area (TPSA) is 71.7 Å². The zero-order valence-corrected chi connectivity index (χ0v) is 21.0.